The number of nitrogens with zero attached hydrogens (tertiary/aromatic N) is 2. The van der Waals surface area contributed by atoms with Gasteiger partial charge in [0.1, 0.15) is 5.75 Å². The van der Waals surface area contributed by atoms with Crippen LogP contribution in [0.25, 0.3) is 0 Å². The Morgan fingerprint density at radius 1 is 1.43 bits per heavy atom. The van der Waals surface area contributed by atoms with E-state index in [-0.39, 0.29) is 24.2 Å². The Kier molecular flexibility index (Phi) is 3.27. The van der Waals surface area contributed by atoms with Gasteiger partial charge in [0, 0.05) is 18.2 Å². The summed E-state index contributed by atoms with van der Waals surface area (Å²) in [6.45, 7) is 0.0313. The highest BCUT2D eigenvalue weighted by Crippen LogP contribution is 2.27. The predicted molar refractivity (Wildman–Crippen MR) is 70.5 cm³/mol. The van der Waals surface area contributed by atoms with E-state index in [0.29, 0.717) is 18.6 Å². The summed E-state index contributed by atoms with van der Waals surface area (Å²) in [5.41, 5.74) is 6.82. The first kappa shape index (κ1) is 13.1. The van der Waals surface area contributed by atoms with E-state index in [2.05, 4.69) is 20.0 Å². The lowest BCUT2D eigenvalue weighted by Crippen LogP contribution is -2.18. The van der Waals surface area contributed by atoms with Crippen molar-refractivity contribution < 1.29 is 18.8 Å². The van der Waals surface area contributed by atoms with E-state index in [1.165, 1.54) is 0 Å². The molecule has 0 saturated carbocycles. The summed E-state index contributed by atoms with van der Waals surface area (Å²) in [6, 6.07) is 5.43. The number of rotatable bonds is 4. The van der Waals surface area contributed by atoms with Crippen LogP contribution >= 0.6 is 0 Å². The molecular formula is C13H12N4O4. The molecule has 3 N–H and O–H groups in total. The summed E-state index contributed by atoms with van der Waals surface area (Å²) < 4.78 is 10.1. The van der Waals surface area contributed by atoms with Crippen molar-refractivity contribution in [3.63, 3.8) is 0 Å². The molecule has 8 nitrogen and oxygen atoms in total. The molecule has 2 amide bonds. The highest BCUT2D eigenvalue weighted by atomic mass is 16.5. The zero-order chi connectivity index (χ0) is 14.8. The number of carbonyl (C=O) groups is 2. The van der Waals surface area contributed by atoms with E-state index >= 15 is 0 Å². The fourth-order valence-electron chi connectivity index (χ4n) is 2.00. The van der Waals surface area contributed by atoms with Crippen LogP contribution in [-0.4, -0.2) is 22.0 Å². The highest BCUT2D eigenvalue weighted by Gasteiger charge is 2.16. The van der Waals surface area contributed by atoms with Gasteiger partial charge in [-0.25, -0.2) is 0 Å². The average molecular weight is 288 g/mol. The molecule has 2 aromatic rings. The minimum Gasteiger partial charge on any atom is -0.485 e. The van der Waals surface area contributed by atoms with Crippen molar-refractivity contribution in [2.45, 2.75) is 19.4 Å². The van der Waals surface area contributed by atoms with E-state index in [0.717, 1.165) is 11.3 Å². The second-order valence-corrected chi connectivity index (χ2v) is 4.54. The zero-order valence-corrected chi connectivity index (χ0v) is 11.0. The van der Waals surface area contributed by atoms with Crippen LogP contribution < -0.4 is 15.8 Å². The van der Waals surface area contributed by atoms with Crippen LogP contribution in [0.4, 0.5) is 5.69 Å². The lowest BCUT2D eigenvalue weighted by Gasteiger charge is -2.17. The van der Waals surface area contributed by atoms with Gasteiger partial charge >= 0.3 is 11.8 Å². The van der Waals surface area contributed by atoms with Crippen molar-refractivity contribution in [2.24, 2.45) is 5.73 Å². The van der Waals surface area contributed by atoms with E-state index in [9.17, 15) is 9.59 Å². The van der Waals surface area contributed by atoms with Crippen molar-refractivity contribution in [1.29, 1.82) is 0 Å². The molecule has 21 heavy (non-hydrogen) atoms. The number of ether oxygens (including phenoxy) is 1. The molecule has 0 bridgehead atoms. The number of anilines is 1. The van der Waals surface area contributed by atoms with Gasteiger partial charge < -0.3 is 20.3 Å². The molecule has 1 aliphatic heterocycles. The van der Waals surface area contributed by atoms with E-state index in [1.807, 2.05) is 6.07 Å². The predicted octanol–water partition coefficient (Wildman–Crippen LogP) is 0.632. The smallest absolute Gasteiger partial charge is 0.315 e. The molecule has 2 heterocycles. The number of aromatic nitrogens is 2. The summed E-state index contributed by atoms with van der Waals surface area (Å²) in [5, 5.41) is 6.36. The summed E-state index contributed by atoms with van der Waals surface area (Å²) in [4.78, 5) is 26.0. The van der Waals surface area contributed by atoms with E-state index < -0.39 is 5.91 Å². The number of hydrogen-bond acceptors (Lipinski definition) is 6. The number of amides is 2. The Labute approximate surface area is 119 Å². The number of benzene rings is 1. The Hall–Kier alpha value is -2.90. The Morgan fingerprint density at radius 2 is 2.29 bits per heavy atom. The van der Waals surface area contributed by atoms with Crippen LogP contribution in [0.1, 0.15) is 28.5 Å². The van der Waals surface area contributed by atoms with Crippen molar-refractivity contribution in [1.82, 2.24) is 10.1 Å². The van der Waals surface area contributed by atoms with Crippen molar-refractivity contribution in [3.8, 4) is 5.75 Å². The highest BCUT2D eigenvalue weighted by molar-refractivity contribution is 5.94. The maximum absolute atomic E-state index is 11.4. The molecule has 1 aromatic carbocycles. The van der Waals surface area contributed by atoms with Crippen LogP contribution in [0.3, 0.4) is 0 Å². The molecule has 0 spiro atoms. The molecular weight excluding hydrogens is 276 g/mol. The first-order valence-electron chi connectivity index (χ1n) is 6.30. The summed E-state index contributed by atoms with van der Waals surface area (Å²) in [7, 11) is 0. The maximum Gasteiger partial charge on any atom is 0.315 e. The van der Waals surface area contributed by atoms with E-state index in [1.54, 1.807) is 12.1 Å². The number of fused-ring (bicyclic) bond motifs is 1. The second-order valence-electron chi connectivity index (χ2n) is 4.54. The van der Waals surface area contributed by atoms with Gasteiger partial charge in [-0.05, 0) is 18.1 Å². The fourth-order valence-corrected chi connectivity index (χ4v) is 2.00. The maximum atomic E-state index is 11.4. The second kappa shape index (κ2) is 5.23. The summed E-state index contributed by atoms with van der Waals surface area (Å²) >= 11 is 0. The van der Waals surface area contributed by atoms with Gasteiger partial charge in [0.15, 0.2) is 6.61 Å². The number of hydrogen-bond donors (Lipinski definition) is 2. The molecule has 0 saturated heterocycles. The van der Waals surface area contributed by atoms with Crippen molar-refractivity contribution in [3.05, 3.63) is 35.5 Å². The fraction of sp³-hybridized carbons (Fsp3) is 0.231. The van der Waals surface area contributed by atoms with Crippen LogP contribution in [0, 0.1) is 0 Å². The molecule has 108 valence electrons. The number of nitrogens with two attached hydrogens (primary N) is 1. The van der Waals surface area contributed by atoms with Gasteiger partial charge in [-0.2, -0.15) is 4.98 Å². The first-order valence-corrected chi connectivity index (χ1v) is 6.30. The number of aryl methyl sites for hydroxylation is 1. The minimum atomic E-state index is -0.787. The van der Waals surface area contributed by atoms with Crippen LogP contribution in [-0.2, 0) is 17.8 Å². The molecule has 3 rings (SSSR count). The Bertz CT molecular complexity index is 710. The van der Waals surface area contributed by atoms with Gasteiger partial charge in [0.2, 0.25) is 11.7 Å². The van der Waals surface area contributed by atoms with Crippen LogP contribution in [0.2, 0.25) is 0 Å². The number of nitrogens with one attached hydrogen (secondary N) is 1. The Balaban J connectivity index is 1.69. The standard InChI is InChI=1S/C13H12N4O4/c14-12(19)13-16-10(17-21-13)6-20-8-3-1-7-2-4-11(18)15-9(7)5-8/h1,3,5H,2,4,6H2,(H2,14,19)(H,15,18). The van der Waals surface area contributed by atoms with Crippen molar-refractivity contribution >= 4 is 17.5 Å². The molecule has 0 atom stereocenters. The number of primary amides is 1. The van der Waals surface area contributed by atoms with Crippen molar-refractivity contribution in [2.75, 3.05) is 5.32 Å². The van der Waals surface area contributed by atoms with Gasteiger partial charge in [0.05, 0.1) is 0 Å². The molecule has 0 unspecified atom stereocenters. The van der Waals surface area contributed by atoms with Gasteiger partial charge in [0.25, 0.3) is 0 Å². The topological polar surface area (TPSA) is 120 Å². The normalized spacial score (nSPS) is 13.4. The number of carbonyl (C=O) groups excluding carboxylic acids is 2. The molecule has 1 aromatic heterocycles. The van der Waals surface area contributed by atoms with Gasteiger partial charge in [-0.15, -0.1) is 0 Å². The van der Waals surface area contributed by atoms with Crippen LogP contribution in [0.5, 0.6) is 5.75 Å². The molecule has 0 radical (unpaired) electrons. The van der Waals surface area contributed by atoms with Gasteiger partial charge in [-0.1, -0.05) is 11.2 Å². The van der Waals surface area contributed by atoms with E-state index in [4.69, 9.17) is 10.5 Å². The zero-order valence-electron chi connectivity index (χ0n) is 11.0. The molecule has 0 fully saturated rings. The lowest BCUT2D eigenvalue weighted by atomic mass is 10.0. The first-order chi connectivity index (χ1) is 10.1. The van der Waals surface area contributed by atoms with Crippen LogP contribution in [0.15, 0.2) is 22.7 Å². The molecule has 0 aliphatic carbocycles. The minimum absolute atomic E-state index is 0.0103. The quantitative estimate of drug-likeness (QED) is 0.851. The van der Waals surface area contributed by atoms with Gasteiger partial charge in [-0.3, -0.25) is 9.59 Å². The lowest BCUT2D eigenvalue weighted by molar-refractivity contribution is -0.116. The Morgan fingerprint density at radius 3 is 3.05 bits per heavy atom. The summed E-state index contributed by atoms with van der Waals surface area (Å²) in [5.74, 6) is -0.285. The SMILES string of the molecule is NC(=O)c1nc(COc2ccc3c(c2)NC(=O)CC3)no1. The third-order valence-electron chi connectivity index (χ3n) is 3.02. The third-order valence-corrected chi connectivity index (χ3v) is 3.02. The monoisotopic (exact) mass is 288 g/mol. The third kappa shape index (κ3) is 2.83. The average Bonchev–Trinajstić information content (AvgIpc) is 2.93. The molecule has 8 heteroatoms. The molecule has 1 aliphatic rings. The summed E-state index contributed by atoms with van der Waals surface area (Å²) in [6.07, 6.45) is 1.21. The largest absolute Gasteiger partial charge is 0.485 e.